The SMILES string of the molecule is OC1CCCC(CNCc2ccc(Br)cc2F)C1. The molecule has 1 aromatic carbocycles. The molecule has 1 saturated carbocycles. The first-order chi connectivity index (χ1) is 8.65. The third-order valence-electron chi connectivity index (χ3n) is 3.52. The molecule has 2 N–H and O–H groups in total. The zero-order valence-corrected chi connectivity index (χ0v) is 11.9. The molecule has 18 heavy (non-hydrogen) atoms. The number of hydrogen-bond donors (Lipinski definition) is 2. The van der Waals surface area contributed by atoms with Crippen molar-refractivity contribution in [1.29, 1.82) is 0 Å². The minimum absolute atomic E-state index is 0.144. The third kappa shape index (κ3) is 4.04. The van der Waals surface area contributed by atoms with Gasteiger partial charge in [0, 0.05) is 16.6 Å². The van der Waals surface area contributed by atoms with Crippen LogP contribution in [0.1, 0.15) is 31.2 Å². The quantitative estimate of drug-likeness (QED) is 0.894. The number of aliphatic hydroxyl groups excluding tert-OH is 1. The highest BCUT2D eigenvalue weighted by atomic mass is 79.9. The van der Waals surface area contributed by atoms with Crippen LogP contribution in [0.2, 0.25) is 0 Å². The van der Waals surface area contributed by atoms with Crippen LogP contribution in [0.5, 0.6) is 0 Å². The van der Waals surface area contributed by atoms with Crippen molar-refractivity contribution in [3.05, 3.63) is 34.1 Å². The van der Waals surface area contributed by atoms with Crippen molar-refractivity contribution in [3.63, 3.8) is 0 Å². The average molecular weight is 316 g/mol. The van der Waals surface area contributed by atoms with E-state index >= 15 is 0 Å². The largest absolute Gasteiger partial charge is 0.393 e. The number of rotatable bonds is 4. The lowest BCUT2D eigenvalue weighted by atomic mass is 9.87. The lowest BCUT2D eigenvalue weighted by Crippen LogP contribution is -2.29. The van der Waals surface area contributed by atoms with E-state index < -0.39 is 0 Å². The molecule has 0 radical (unpaired) electrons. The molecule has 0 saturated heterocycles. The summed E-state index contributed by atoms with van der Waals surface area (Å²) < 4.78 is 14.3. The van der Waals surface area contributed by atoms with Crippen molar-refractivity contribution in [2.75, 3.05) is 6.54 Å². The van der Waals surface area contributed by atoms with Crippen molar-refractivity contribution in [1.82, 2.24) is 5.32 Å². The van der Waals surface area contributed by atoms with Gasteiger partial charge in [-0.2, -0.15) is 0 Å². The van der Waals surface area contributed by atoms with Crippen molar-refractivity contribution in [3.8, 4) is 0 Å². The summed E-state index contributed by atoms with van der Waals surface area (Å²) in [5.41, 5.74) is 0.689. The Morgan fingerprint density at radius 3 is 2.94 bits per heavy atom. The molecular formula is C14H19BrFNO. The molecule has 2 nitrogen and oxygen atoms in total. The predicted octanol–water partition coefficient (Wildman–Crippen LogP) is 3.23. The highest BCUT2D eigenvalue weighted by Crippen LogP contribution is 2.23. The summed E-state index contributed by atoms with van der Waals surface area (Å²) in [6.45, 7) is 1.40. The van der Waals surface area contributed by atoms with Crippen LogP contribution >= 0.6 is 15.9 Å². The smallest absolute Gasteiger partial charge is 0.128 e. The second-order valence-corrected chi connectivity index (χ2v) is 5.97. The van der Waals surface area contributed by atoms with Gasteiger partial charge in [0.2, 0.25) is 0 Å². The van der Waals surface area contributed by atoms with E-state index in [2.05, 4.69) is 21.2 Å². The first kappa shape index (κ1) is 14.0. The van der Waals surface area contributed by atoms with Crippen LogP contribution in [0.15, 0.2) is 22.7 Å². The van der Waals surface area contributed by atoms with Crippen molar-refractivity contribution < 1.29 is 9.50 Å². The number of halogens is 2. The summed E-state index contributed by atoms with van der Waals surface area (Å²) >= 11 is 3.25. The van der Waals surface area contributed by atoms with Gasteiger partial charge in [-0.3, -0.25) is 0 Å². The van der Waals surface area contributed by atoms with Gasteiger partial charge in [0.25, 0.3) is 0 Å². The van der Waals surface area contributed by atoms with E-state index in [1.165, 1.54) is 6.07 Å². The van der Waals surface area contributed by atoms with Crippen LogP contribution in [0.25, 0.3) is 0 Å². The van der Waals surface area contributed by atoms with Gasteiger partial charge in [-0.25, -0.2) is 4.39 Å². The molecule has 4 heteroatoms. The molecule has 0 bridgehead atoms. The topological polar surface area (TPSA) is 32.3 Å². The summed E-state index contributed by atoms with van der Waals surface area (Å²) in [4.78, 5) is 0. The molecule has 2 atom stereocenters. The monoisotopic (exact) mass is 315 g/mol. The highest BCUT2D eigenvalue weighted by Gasteiger charge is 2.19. The fraction of sp³-hybridized carbons (Fsp3) is 0.571. The Kier molecular flexibility index (Phi) is 5.15. The summed E-state index contributed by atoms with van der Waals surface area (Å²) in [5, 5.41) is 12.9. The van der Waals surface area contributed by atoms with Crippen molar-refractivity contribution in [2.45, 2.75) is 38.3 Å². The van der Waals surface area contributed by atoms with Gasteiger partial charge < -0.3 is 10.4 Å². The molecular weight excluding hydrogens is 297 g/mol. The van der Waals surface area contributed by atoms with E-state index in [0.29, 0.717) is 18.0 Å². The lowest BCUT2D eigenvalue weighted by Gasteiger charge is -2.26. The number of nitrogens with one attached hydrogen (secondary N) is 1. The van der Waals surface area contributed by atoms with Gasteiger partial charge in [-0.1, -0.05) is 28.4 Å². The van der Waals surface area contributed by atoms with E-state index in [9.17, 15) is 9.50 Å². The molecule has 100 valence electrons. The number of hydrogen-bond acceptors (Lipinski definition) is 2. The summed E-state index contributed by atoms with van der Waals surface area (Å²) in [6.07, 6.45) is 3.91. The standard InChI is InChI=1S/C14H19BrFNO/c15-12-5-4-11(14(16)7-12)9-17-8-10-2-1-3-13(18)6-10/h4-5,7,10,13,17-18H,1-3,6,8-9H2. The molecule has 2 rings (SSSR count). The van der Waals surface area contributed by atoms with Crippen LogP contribution in [-0.2, 0) is 6.54 Å². The van der Waals surface area contributed by atoms with Gasteiger partial charge in [-0.05, 0) is 43.9 Å². The van der Waals surface area contributed by atoms with E-state index in [1.807, 2.05) is 6.07 Å². The molecule has 1 aromatic rings. The Labute approximate surface area is 116 Å². The Hall–Kier alpha value is -0.450. The Balaban J connectivity index is 1.77. The summed E-state index contributed by atoms with van der Waals surface area (Å²) in [7, 11) is 0. The molecule has 1 aliphatic carbocycles. The fourth-order valence-corrected chi connectivity index (χ4v) is 2.86. The van der Waals surface area contributed by atoms with Gasteiger partial charge >= 0.3 is 0 Å². The minimum Gasteiger partial charge on any atom is -0.393 e. The molecule has 0 aromatic heterocycles. The minimum atomic E-state index is -0.180. The zero-order chi connectivity index (χ0) is 13.0. The maximum atomic E-state index is 13.6. The second-order valence-electron chi connectivity index (χ2n) is 5.05. The van der Waals surface area contributed by atoms with Crippen LogP contribution < -0.4 is 5.32 Å². The first-order valence-electron chi connectivity index (χ1n) is 6.48. The lowest BCUT2D eigenvalue weighted by molar-refractivity contribution is 0.101. The molecule has 0 amide bonds. The Morgan fingerprint density at radius 1 is 1.39 bits per heavy atom. The Bertz CT molecular complexity index is 399. The normalized spacial score (nSPS) is 24.2. The van der Waals surface area contributed by atoms with Crippen LogP contribution in [0, 0.1) is 11.7 Å². The van der Waals surface area contributed by atoms with Crippen molar-refractivity contribution >= 4 is 15.9 Å². The number of aliphatic hydroxyl groups is 1. The van der Waals surface area contributed by atoms with Crippen molar-refractivity contribution in [2.24, 2.45) is 5.92 Å². The predicted molar refractivity (Wildman–Crippen MR) is 73.8 cm³/mol. The zero-order valence-electron chi connectivity index (χ0n) is 10.3. The van der Waals surface area contributed by atoms with Gasteiger partial charge in [0.15, 0.2) is 0 Å². The first-order valence-corrected chi connectivity index (χ1v) is 7.27. The molecule has 0 spiro atoms. The Morgan fingerprint density at radius 2 is 2.22 bits per heavy atom. The molecule has 0 heterocycles. The number of benzene rings is 1. The van der Waals surface area contributed by atoms with E-state index in [-0.39, 0.29) is 11.9 Å². The molecule has 0 aliphatic heterocycles. The molecule has 1 aliphatic rings. The second kappa shape index (κ2) is 6.64. The van der Waals surface area contributed by atoms with Crippen LogP contribution in [0.3, 0.4) is 0 Å². The molecule has 1 fully saturated rings. The van der Waals surface area contributed by atoms with E-state index in [1.54, 1.807) is 6.07 Å². The highest BCUT2D eigenvalue weighted by molar-refractivity contribution is 9.10. The van der Waals surface area contributed by atoms with Gasteiger partial charge in [-0.15, -0.1) is 0 Å². The summed E-state index contributed by atoms with van der Waals surface area (Å²) in [6, 6.07) is 5.13. The van der Waals surface area contributed by atoms with Crippen LogP contribution in [-0.4, -0.2) is 17.8 Å². The van der Waals surface area contributed by atoms with Crippen LogP contribution in [0.4, 0.5) is 4.39 Å². The van der Waals surface area contributed by atoms with Gasteiger partial charge in [0.1, 0.15) is 5.82 Å². The average Bonchev–Trinajstić information content (AvgIpc) is 2.32. The van der Waals surface area contributed by atoms with Gasteiger partial charge in [0.05, 0.1) is 6.10 Å². The fourth-order valence-electron chi connectivity index (χ4n) is 2.52. The van der Waals surface area contributed by atoms with E-state index in [4.69, 9.17) is 0 Å². The summed E-state index contributed by atoms with van der Waals surface area (Å²) in [5.74, 6) is 0.341. The third-order valence-corrected chi connectivity index (χ3v) is 4.01. The molecule has 2 unspecified atom stereocenters. The maximum absolute atomic E-state index is 13.6. The van der Waals surface area contributed by atoms with E-state index in [0.717, 1.165) is 36.7 Å². The maximum Gasteiger partial charge on any atom is 0.128 e.